The maximum Gasteiger partial charge on any atom is 0.335 e. The highest BCUT2D eigenvalue weighted by atomic mass is 16.5. The van der Waals surface area contributed by atoms with Gasteiger partial charge in [0.1, 0.15) is 12.4 Å². The second-order valence-electron chi connectivity index (χ2n) is 13.4. The maximum atomic E-state index is 14.0. The smallest absolute Gasteiger partial charge is 0.335 e. The molecule has 1 heterocycles. The molecule has 0 radical (unpaired) electrons. The summed E-state index contributed by atoms with van der Waals surface area (Å²) in [6.07, 6.45) is 3.23. The van der Waals surface area contributed by atoms with Crippen molar-refractivity contribution in [3.63, 3.8) is 0 Å². The molecule has 0 aromatic heterocycles. The lowest BCUT2D eigenvalue weighted by Gasteiger charge is -2.49. The van der Waals surface area contributed by atoms with E-state index in [9.17, 15) is 19.5 Å². The SMILES string of the molecule is COCCCN1C2=C(C(=O)CC(C)(C)C2)C(c2cccc(OCc3ccc(C(=O)O)cc3)c2)C2=C1CC(C)(C)CC2=O. The first-order valence-corrected chi connectivity index (χ1v) is 14.7. The number of Topliss-reactive ketones (excluding diaryl/α,β-unsaturated/α-hetero) is 2. The average Bonchev–Trinajstić information content (AvgIpc) is 2.91. The van der Waals surface area contributed by atoms with Crippen LogP contribution in [0.2, 0.25) is 0 Å². The second kappa shape index (κ2) is 11.5. The Morgan fingerprint density at radius 1 is 0.905 bits per heavy atom. The van der Waals surface area contributed by atoms with E-state index in [2.05, 4.69) is 32.6 Å². The lowest BCUT2D eigenvalue weighted by atomic mass is 9.63. The first kappa shape index (κ1) is 29.8. The van der Waals surface area contributed by atoms with E-state index < -0.39 is 11.9 Å². The van der Waals surface area contributed by atoms with Crippen LogP contribution in [-0.2, 0) is 20.9 Å². The minimum Gasteiger partial charge on any atom is -0.489 e. The molecule has 42 heavy (non-hydrogen) atoms. The topological polar surface area (TPSA) is 93.1 Å². The summed E-state index contributed by atoms with van der Waals surface area (Å²) in [5.41, 5.74) is 5.20. The first-order chi connectivity index (χ1) is 19.9. The molecular formula is C35H41NO6. The van der Waals surface area contributed by atoms with Crippen LogP contribution in [0.5, 0.6) is 5.75 Å². The lowest BCUT2D eigenvalue weighted by molar-refractivity contribution is -0.119. The third-order valence-electron chi connectivity index (χ3n) is 8.55. The van der Waals surface area contributed by atoms with E-state index in [-0.39, 0.29) is 34.6 Å². The highest BCUT2D eigenvalue weighted by Gasteiger charge is 2.48. The number of carbonyl (C=O) groups excluding carboxylic acids is 2. The molecule has 7 nitrogen and oxygen atoms in total. The van der Waals surface area contributed by atoms with Crippen molar-refractivity contribution < 1.29 is 29.0 Å². The van der Waals surface area contributed by atoms with Crippen LogP contribution < -0.4 is 4.74 Å². The number of ether oxygens (including phenoxy) is 2. The van der Waals surface area contributed by atoms with E-state index in [1.807, 2.05) is 24.3 Å². The Labute approximate surface area is 248 Å². The molecule has 0 amide bonds. The number of carboxylic acid groups (broad SMARTS) is 1. The van der Waals surface area contributed by atoms with Crippen LogP contribution in [0.3, 0.4) is 0 Å². The van der Waals surface area contributed by atoms with E-state index in [4.69, 9.17) is 9.47 Å². The van der Waals surface area contributed by atoms with Crippen molar-refractivity contribution in [2.75, 3.05) is 20.3 Å². The summed E-state index contributed by atoms with van der Waals surface area (Å²) in [7, 11) is 1.70. The molecule has 0 atom stereocenters. The average molecular weight is 572 g/mol. The van der Waals surface area contributed by atoms with Gasteiger partial charge in [0.2, 0.25) is 0 Å². The van der Waals surface area contributed by atoms with Gasteiger partial charge in [-0.05, 0) is 65.5 Å². The van der Waals surface area contributed by atoms with E-state index in [1.54, 1.807) is 31.4 Å². The van der Waals surface area contributed by atoms with Crippen LogP contribution >= 0.6 is 0 Å². The third-order valence-corrected chi connectivity index (χ3v) is 8.55. The summed E-state index contributed by atoms with van der Waals surface area (Å²) in [6.45, 7) is 10.2. The van der Waals surface area contributed by atoms with Crippen molar-refractivity contribution in [1.29, 1.82) is 0 Å². The van der Waals surface area contributed by atoms with Gasteiger partial charge >= 0.3 is 5.97 Å². The summed E-state index contributed by atoms with van der Waals surface area (Å²) < 4.78 is 11.5. The van der Waals surface area contributed by atoms with Gasteiger partial charge in [0, 0.05) is 61.6 Å². The molecule has 0 spiro atoms. The number of carboxylic acids is 1. The Morgan fingerprint density at radius 3 is 2.05 bits per heavy atom. The van der Waals surface area contributed by atoms with Crippen molar-refractivity contribution >= 4 is 17.5 Å². The molecule has 3 aliphatic rings. The van der Waals surface area contributed by atoms with Gasteiger partial charge in [-0.15, -0.1) is 0 Å². The fourth-order valence-corrected chi connectivity index (χ4v) is 6.71. The molecule has 0 fully saturated rings. The summed E-state index contributed by atoms with van der Waals surface area (Å²) in [4.78, 5) is 41.4. The monoisotopic (exact) mass is 571 g/mol. The number of carbonyl (C=O) groups is 3. The number of rotatable bonds is 9. The fraction of sp³-hybridized carbons (Fsp3) is 0.457. The van der Waals surface area contributed by atoms with Gasteiger partial charge in [-0.25, -0.2) is 4.79 Å². The van der Waals surface area contributed by atoms with Crippen molar-refractivity contribution in [3.05, 3.63) is 87.8 Å². The normalized spacial score (nSPS) is 20.0. The van der Waals surface area contributed by atoms with Gasteiger partial charge in [-0.1, -0.05) is 52.0 Å². The van der Waals surface area contributed by atoms with Gasteiger partial charge in [0.25, 0.3) is 0 Å². The zero-order chi connectivity index (χ0) is 30.2. The minimum absolute atomic E-state index is 0.108. The van der Waals surface area contributed by atoms with Crippen LogP contribution in [0.15, 0.2) is 71.1 Å². The molecule has 0 saturated carbocycles. The molecule has 5 rings (SSSR count). The number of ketones is 2. The molecule has 7 heteroatoms. The number of benzene rings is 2. The molecule has 0 unspecified atom stereocenters. The van der Waals surface area contributed by atoms with Gasteiger partial charge in [0.05, 0.1) is 5.56 Å². The summed E-state index contributed by atoms with van der Waals surface area (Å²) in [5.74, 6) is -0.550. The molecule has 2 aromatic rings. The van der Waals surface area contributed by atoms with E-state index in [0.717, 1.165) is 52.9 Å². The number of nitrogens with zero attached hydrogens (tertiary/aromatic N) is 1. The predicted molar refractivity (Wildman–Crippen MR) is 160 cm³/mol. The van der Waals surface area contributed by atoms with Crippen LogP contribution in [0.25, 0.3) is 0 Å². The third kappa shape index (κ3) is 6.07. The van der Waals surface area contributed by atoms with Crippen LogP contribution in [0.4, 0.5) is 0 Å². The zero-order valence-corrected chi connectivity index (χ0v) is 25.3. The Hall–Kier alpha value is -3.71. The fourth-order valence-electron chi connectivity index (χ4n) is 6.71. The molecule has 0 saturated heterocycles. The molecular weight excluding hydrogens is 530 g/mol. The Morgan fingerprint density at radius 2 is 1.50 bits per heavy atom. The first-order valence-electron chi connectivity index (χ1n) is 14.7. The number of hydrogen-bond acceptors (Lipinski definition) is 6. The maximum absolute atomic E-state index is 14.0. The molecule has 0 bridgehead atoms. The van der Waals surface area contributed by atoms with Crippen molar-refractivity contribution in [2.45, 2.75) is 72.3 Å². The summed E-state index contributed by atoms with van der Waals surface area (Å²) in [6, 6.07) is 14.3. The van der Waals surface area contributed by atoms with Gasteiger partial charge in [-0.3, -0.25) is 9.59 Å². The van der Waals surface area contributed by atoms with Crippen LogP contribution in [0, 0.1) is 10.8 Å². The summed E-state index contributed by atoms with van der Waals surface area (Å²) >= 11 is 0. The molecule has 2 aromatic carbocycles. The minimum atomic E-state index is -0.969. The van der Waals surface area contributed by atoms with E-state index in [1.165, 1.54) is 0 Å². The van der Waals surface area contributed by atoms with Crippen LogP contribution in [-0.4, -0.2) is 47.8 Å². The van der Waals surface area contributed by atoms with Gasteiger partial charge in [0.15, 0.2) is 11.6 Å². The van der Waals surface area contributed by atoms with E-state index >= 15 is 0 Å². The predicted octanol–water partition coefficient (Wildman–Crippen LogP) is 6.69. The quantitative estimate of drug-likeness (QED) is 0.335. The number of methoxy groups -OCH3 is 1. The van der Waals surface area contributed by atoms with Gasteiger partial charge in [-0.2, -0.15) is 0 Å². The second-order valence-corrected chi connectivity index (χ2v) is 13.4. The molecule has 1 aliphatic heterocycles. The highest BCUT2D eigenvalue weighted by Crippen LogP contribution is 2.54. The van der Waals surface area contributed by atoms with Crippen molar-refractivity contribution in [2.24, 2.45) is 10.8 Å². The lowest BCUT2D eigenvalue weighted by Crippen LogP contribution is -2.44. The standard InChI is InChI=1S/C35H41NO6/c1-34(2)17-26-31(28(37)19-34)30(32-27(36(26)14-7-15-41-5)18-35(3,4)20-29(32)38)24-8-6-9-25(16-24)42-21-22-10-12-23(13-11-22)33(39)40/h6,8-13,16,30H,7,14-15,17-21H2,1-5H3,(H,39,40). The highest BCUT2D eigenvalue weighted by molar-refractivity contribution is 6.06. The Kier molecular flexibility index (Phi) is 8.17. The number of allylic oxidation sites excluding steroid dienone is 4. The summed E-state index contributed by atoms with van der Waals surface area (Å²) in [5, 5.41) is 9.17. The Balaban J connectivity index is 1.56. The van der Waals surface area contributed by atoms with Gasteiger partial charge < -0.3 is 19.5 Å². The van der Waals surface area contributed by atoms with Crippen molar-refractivity contribution in [1.82, 2.24) is 4.90 Å². The van der Waals surface area contributed by atoms with Crippen molar-refractivity contribution in [3.8, 4) is 5.75 Å². The zero-order valence-electron chi connectivity index (χ0n) is 25.3. The largest absolute Gasteiger partial charge is 0.489 e. The van der Waals surface area contributed by atoms with E-state index in [0.29, 0.717) is 31.7 Å². The molecule has 222 valence electrons. The number of hydrogen-bond donors (Lipinski definition) is 1. The Bertz CT molecular complexity index is 1410. The molecule has 1 N–H and O–H groups in total. The molecule has 2 aliphatic carbocycles. The number of aromatic carboxylic acids is 1. The van der Waals surface area contributed by atoms with Crippen LogP contribution in [0.1, 0.15) is 87.2 Å².